The summed E-state index contributed by atoms with van der Waals surface area (Å²) in [6, 6.07) is 0. The predicted molar refractivity (Wildman–Crippen MR) is 424 cm³/mol. The van der Waals surface area contributed by atoms with Gasteiger partial charge in [-0.2, -0.15) is 0 Å². The highest BCUT2D eigenvalue weighted by atomic mass is 32.5. The summed E-state index contributed by atoms with van der Waals surface area (Å²) in [6.45, 7) is 6.19. The van der Waals surface area contributed by atoms with Crippen LogP contribution in [0.2, 0.25) is 0 Å². The third-order valence-corrected chi connectivity index (χ3v) is 37.8. The van der Waals surface area contributed by atoms with Crippen molar-refractivity contribution in [3.8, 4) is 0 Å². The van der Waals surface area contributed by atoms with E-state index in [1.165, 1.54) is 0 Å². The standard InChI is InChI=1S/4C11H24O4P2S4.C2H4O3/c4*1-3-5-7-16(18)14-20-11(9-12,10-13)21-15-17(19)8-6-4-2;3-1-2(4)5/h4*12-13H,3-10H2,1-2H3;3H,1H2,(H,4,5)/q4*+2;. The first kappa shape index (κ1) is 103. The fraction of sp³-hybridized carbons (Fsp3) is 0.978. The van der Waals surface area contributed by atoms with Crippen molar-refractivity contribution in [2.45, 2.75) is 174 Å². The molecule has 8 unspecified atom stereocenters. The molecule has 0 heterocycles. The minimum Gasteiger partial charge on any atom is -0.480 e. The van der Waals surface area contributed by atoms with Crippen molar-refractivity contribution in [3.05, 3.63) is 0 Å². The number of rotatable bonds is 57. The Bertz CT molecular complexity index is 1520. The zero-order valence-electron chi connectivity index (χ0n) is 52.1. The number of carbonyl (C=O) groups is 1. The Morgan fingerprint density at radius 2 is 0.382 bits per heavy atom. The molecule has 43 heteroatoms. The zero-order valence-corrected chi connectivity index (χ0v) is 72.3. The first-order chi connectivity index (χ1) is 42.4. The van der Waals surface area contributed by atoms with Gasteiger partial charge in [0.05, 0.1) is 149 Å². The van der Waals surface area contributed by atoms with Crippen molar-refractivity contribution in [1.29, 1.82) is 0 Å². The first-order valence-electron chi connectivity index (χ1n) is 28.5. The van der Waals surface area contributed by atoms with E-state index in [9.17, 15) is 40.9 Å². The minimum atomic E-state index is -1.19. The fourth-order valence-corrected chi connectivity index (χ4v) is 26.9. The number of unbranched alkanes of at least 4 members (excludes halogenated alkanes) is 8. The predicted octanol–water partition coefficient (Wildman–Crippen LogP) is 16.3. The Balaban J connectivity index is -0.000000343. The molecule has 0 radical (unpaired) electrons. The van der Waals surface area contributed by atoms with Gasteiger partial charge in [-0.05, 0) is 51.4 Å². The SMILES string of the molecule is CCCC[P+](=S)OSC(CO)(CO)SO[P+](=S)CCCC.CCCC[P+](=S)OSC(CO)(CO)SO[P+](=S)CCCC.CCCC[P+](=S)OSC(CO)(CO)SO[P+](=S)CCCC.CCCC[P+](=S)OSC(CO)(CO)SO[P+](=S)CCCC.O=C(O)CO. The summed E-state index contributed by atoms with van der Waals surface area (Å²) in [5, 5.41) is 91.3. The second-order valence-electron chi connectivity index (χ2n) is 18.0. The molecule has 19 nitrogen and oxygen atoms in total. The molecule has 8 atom stereocenters. The topological polar surface area (TPSA) is 293 Å². The summed E-state index contributed by atoms with van der Waals surface area (Å²) in [5.41, 5.74) is 0. The van der Waals surface area contributed by atoms with Crippen LogP contribution in [-0.4, -0.2) is 182 Å². The molecule has 0 saturated carbocycles. The molecule has 0 aliphatic rings. The van der Waals surface area contributed by atoms with E-state index < -0.39 is 84.3 Å². The van der Waals surface area contributed by atoms with Crippen molar-refractivity contribution < 1.29 is 87.6 Å². The van der Waals surface area contributed by atoms with Gasteiger partial charge in [-0.3, -0.25) is 0 Å². The maximum Gasteiger partial charge on any atom is 0.351 e. The van der Waals surface area contributed by atoms with Gasteiger partial charge < -0.3 is 51.1 Å². The van der Waals surface area contributed by atoms with E-state index in [-0.39, 0.29) is 52.9 Å². The molecule has 0 saturated heterocycles. The highest BCUT2D eigenvalue weighted by molar-refractivity contribution is 8.22. The van der Waals surface area contributed by atoms with Gasteiger partial charge >= 0.3 is 61.4 Å². The molecule has 0 fully saturated rings. The molecular formula is C46H100O19P8S16+8. The molecule has 0 spiro atoms. The van der Waals surface area contributed by atoms with Crippen LogP contribution < -0.4 is 0 Å². The Hall–Kier alpha value is 5.75. The highest BCUT2D eigenvalue weighted by Crippen LogP contribution is 2.51. The average Bonchev–Trinajstić information content (AvgIpc) is 3.75. The summed E-state index contributed by atoms with van der Waals surface area (Å²) in [5.74, 6) is -1.19. The summed E-state index contributed by atoms with van der Waals surface area (Å²) >= 11 is 50.2. The molecule has 89 heavy (non-hydrogen) atoms. The normalized spacial score (nSPS) is 13.0. The van der Waals surface area contributed by atoms with Crippen LogP contribution in [0.3, 0.4) is 0 Å². The Morgan fingerprint density at radius 1 is 0.281 bits per heavy atom. The van der Waals surface area contributed by atoms with Gasteiger partial charge in [0, 0.05) is 0 Å². The third-order valence-electron chi connectivity index (χ3n) is 9.79. The average molecular weight is 1720 g/mol. The zero-order chi connectivity index (χ0) is 68.8. The molecule has 0 aromatic carbocycles. The van der Waals surface area contributed by atoms with E-state index >= 15 is 0 Å². The monoisotopic (exact) mass is 1720 g/mol. The number of aliphatic hydroxyl groups is 9. The van der Waals surface area contributed by atoms with Gasteiger partial charge in [-0.15, -0.1) is 0 Å². The van der Waals surface area contributed by atoms with Gasteiger partial charge in [0.25, 0.3) is 0 Å². The lowest BCUT2D eigenvalue weighted by Gasteiger charge is -2.21. The van der Waals surface area contributed by atoms with E-state index in [0.717, 1.165) is 248 Å². The highest BCUT2D eigenvalue weighted by Gasteiger charge is 2.42. The maximum absolute atomic E-state index is 9.54. The Kier molecular flexibility index (Phi) is 83.8. The van der Waals surface area contributed by atoms with Crippen molar-refractivity contribution in [1.82, 2.24) is 0 Å². The van der Waals surface area contributed by atoms with Crippen molar-refractivity contribution >= 4 is 252 Å². The molecule has 0 aliphatic heterocycles. The molecule has 0 amide bonds. The van der Waals surface area contributed by atoms with E-state index in [2.05, 4.69) is 55.4 Å². The summed E-state index contributed by atoms with van der Waals surface area (Å²) < 4.78 is 40.6. The van der Waals surface area contributed by atoms with E-state index in [0.29, 0.717) is 0 Å². The van der Waals surface area contributed by atoms with Crippen molar-refractivity contribution in [2.75, 3.05) is 109 Å². The second-order valence-corrected chi connectivity index (χ2v) is 50.1. The number of hydrogen-bond acceptors (Lipinski definition) is 34. The maximum atomic E-state index is 9.54. The van der Waals surface area contributed by atoms with E-state index in [1.807, 2.05) is 0 Å². The van der Waals surface area contributed by atoms with E-state index in [4.69, 9.17) is 141 Å². The molecule has 526 valence electrons. The first-order valence-corrected chi connectivity index (χ1v) is 54.1. The van der Waals surface area contributed by atoms with Crippen LogP contribution in [0, 0.1) is 0 Å². The van der Waals surface area contributed by atoms with Gasteiger partial charge in [-0.25, -0.2) is 4.79 Å². The van der Waals surface area contributed by atoms with Gasteiger partial charge in [0.2, 0.25) is 0 Å². The van der Waals surface area contributed by atoms with Crippen LogP contribution in [0.1, 0.15) is 158 Å². The third kappa shape index (κ3) is 63.2. The number of aliphatic carboxylic acids is 1. The summed E-state index contributed by atoms with van der Waals surface area (Å²) in [6.07, 6.45) is 23.6. The number of aliphatic hydroxyl groups excluding tert-OH is 9. The molecule has 10 N–H and O–H groups in total. The largest absolute Gasteiger partial charge is 0.480 e. The molecule has 0 rings (SSSR count). The van der Waals surface area contributed by atoms with Crippen LogP contribution in [0.5, 0.6) is 0 Å². The van der Waals surface area contributed by atoms with Gasteiger partial charge in [0.15, 0.2) is 160 Å². The summed E-state index contributed by atoms with van der Waals surface area (Å²) in [7, 11) is 0. The van der Waals surface area contributed by atoms with Crippen LogP contribution in [0.25, 0.3) is 0 Å². The summed E-state index contributed by atoms with van der Waals surface area (Å²) in [4.78, 5) is 9.12. The lowest BCUT2D eigenvalue weighted by molar-refractivity contribution is -0.140. The smallest absolute Gasteiger partial charge is 0.351 e. The molecular weight excluding hydrogens is 1620 g/mol. The molecule has 0 aliphatic carbocycles. The van der Waals surface area contributed by atoms with Gasteiger partial charge in [-0.1, -0.05) is 139 Å². The number of carboxylic acid groups (broad SMARTS) is 1. The number of carboxylic acids is 1. The van der Waals surface area contributed by atoms with E-state index in [1.54, 1.807) is 0 Å². The van der Waals surface area contributed by atoms with Crippen LogP contribution in [0.15, 0.2) is 0 Å². The molecule has 0 bridgehead atoms. The van der Waals surface area contributed by atoms with Crippen LogP contribution >= 0.6 is 152 Å². The Morgan fingerprint density at radius 3 is 0.449 bits per heavy atom. The van der Waals surface area contributed by atoms with Crippen molar-refractivity contribution in [3.63, 3.8) is 0 Å². The minimum absolute atomic E-state index is 0.266. The van der Waals surface area contributed by atoms with Crippen LogP contribution in [-0.2, 0) is 131 Å². The molecule has 0 aromatic rings. The lowest BCUT2D eigenvalue weighted by Crippen LogP contribution is -2.30. The lowest BCUT2D eigenvalue weighted by atomic mass is 10.4. The number of hydrogen-bond donors (Lipinski definition) is 10. The molecule has 0 aromatic heterocycles. The van der Waals surface area contributed by atoms with Crippen LogP contribution in [0.4, 0.5) is 0 Å². The van der Waals surface area contributed by atoms with Gasteiger partial charge in [0.1, 0.15) is 6.61 Å². The quantitative estimate of drug-likeness (QED) is 0.0154. The Labute approximate surface area is 616 Å². The second kappa shape index (κ2) is 72.1. The fourth-order valence-electron chi connectivity index (χ4n) is 4.15. The van der Waals surface area contributed by atoms with Crippen molar-refractivity contribution in [2.24, 2.45) is 0 Å².